The third-order valence-electron chi connectivity index (χ3n) is 3.89. The zero-order valence-electron chi connectivity index (χ0n) is 11.4. The Kier molecular flexibility index (Phi) is 3.68. The highest BCUT2D eigenvalue weighted by molar-refractivity contribution is 6.43. The number of benzene rings is 1. The predicted molar refractivity (Wildman–Crippen MR) is 82.1 cm³/mol. The molecule has 6 heteroatoms. The fourth-order valence-corrected chi connectivity index (χ4v) is 2.83. The summed E-state index contributed by atoms with van der Waals surface area (Å²) in [6, 6.07) is 5.32. The first-order valence-electron chi connectivity index (χ1n) is 6.76. The van der Waals surface area contributed by atoms with Gasteiger partial charge in [0.05, 0.1) is 16.1 Å². The van der Waals surface area contributed by atoms with Crippen LogP contribution in [-0.4, -0.2) is 20.9 Å². The van der Waals surface area contributed by atoms with Gasteiger partial charge in [-0.15, -0.1) is 0 Å². The van der Waals surface area contributed by atoms with Crippen molar-refractivity contribution in [2.75, 3.05) is 0 Å². The van der Waals surface area contributed by atoms with E-state index in [4.69, 9.17) is 23.2 Å². The molecular weight excluding hydrogens is 311 g/mol. The van der Waals surface area contributed by atoms with Crippen LogP contribution >= 0.6 is 23.2 Å². The van der Waals surface area contributed by atoms with Crippen molar-refractivity contribution in [3.05, 3.63) is 40.0 Å². The zero-order chi connectivity index (χ0) is 15.1. The van der Waals surface area contributed by atoms with Gasteiger partial charge in [0.15, 0.2) is 0 Å². The normalized spacial score (nSPS) is 16.0. The molecule has 0 bridgehead atoms. The molecule has 1 aromatic heterocycles. The maximum atomic E-state index is 11.5. The highest BCUT2D eigenvalue weighted by Gasteiger charge is 2.31. The van der Waals surface area contributed by atoms with Crippen LogP contribution in [0.3, 0.4) is 0 Å². The van der Waals surface area contributed by atoms with Crippen LogP contribution in [0.5, 0.6) is 0 Å². The molecule has 1 atom stereocenters. The lowest BCUT2D eigenvalue weighted by Gasteiger charge is -2.10. The minimum absolute atomic E-state index is 0.145. The third kappa shape index (κ3) is 2.65. The van der Waals surface area contributed by atoms with Crippen molar-refractivity contribution in [1.29, 1.82) is 0 Å². The molecule has 0 spiro atoms. The molecule has 110 valence electrons. The minimum Gasteiger partial charge on any atom is -0.478 e. The van der Waals surface area contributed by atoms with Gasteiger partial charge in [-0.1, -0.05) is 35.3 Å². The fraction of sp³-hybridized carbons (Fsp3) is 0.333. The molecule has 2 aromatic rings. The molecule has 0 amide bonds. The second-order valence-electron chi connectivity index (χ2n) is 5.36. The van der Waals surface area contributed by atoms with Crippen molar-refractivity contribution in [1.82, 2.24) is 9.78 Å². The largest absolute Gasteiger partial charge is 0.478 e. The standard InChI is InChI=1S/C15H14Cl2N2O2/c1-8(9-5-6-9)19-7-11(15(20)21)14(18-19)10-3-2-4-12(16)13(10)17/h2-4,7-9H,5-6H2,1H3,(H,20,21). The zero-order valence-corrected chi connectivity index (χ0v) is 12.9. The van der Waals surface area contributed by atoms with Gasteiger partial charge < -0.3 is 5.11 Å². The summed E-state index contributed by atoms with van der Waals surface area (Å²) in [6.07, 6.45) is 3.91. The van der Waals surface area contributed by atoms with E-state index in [-0.39, 0.29) is 11.6 Å². The topological polar surface area (TPSA) is 55.1 Å². The van der Waals surface area contributed by atoms with Gasteiger partial charge in [-0.25, -0.2) is 4.79 Å². The van der Waals surface area contributed by atoms with E-state index in [1.807, 2.05) is 0 Å². The van der Waals surface area contributed by atoms with Crippen molar-refractivity contribution < 1.29 is 9.90 Å². The Morgan fingerprint density at radius 2 is 2.14 bits per heavy atom. The number of hydrogen-bond donors (Lipinski definition) is 1. The first-order valence-corrected chi connectivity index (χ1v) is 7.51. The van der Waals surface area contributed by atoms with Gasteiger partial charge in [-0.2, -0.15) is 5.10 Å². The molecule has 4 nitrogen and oxygen atoms in total. The lowest BCUT2D eigenvalue weighted by Crippen LogP contribution is -2.07. The first kappa shape index (κ1) is 14.4. The summed E-state index contributed by atoms with van der Waals surface area (Å²) in [6.45, 7) is 2.06. The molecule has 0 saturated heterocycles. The summed E-state index contributed by atoms with van der Waals surface area (Å²) in [4.78, 5) is 11.5. The highest BCUT2D eigenvalue weighted by atomic mass is 35.5. The predicted octanol–water partition coefficient (Wildman–Crippen LogP) is 4.53. The second kappa shape index (κ2) is 5.35. The van der Waals surface area contributed by atoms with Crippen molar-refractivity contribution in [3.63, 3.8) is 0 Å². The van der Waals surface area contributed by atoms with E-state index in [0.29, 0.717) is 27.2 Å². The summed E-state index contributed by atoms with van der Waals surface area (Å²) in [7, 11) is 0. The van der Waals surface area contributed by atoms with Crippen LogP contribution in [0.2, 0.25) is 10.0 Å². The van der Waals surface area contributed by atoms with Crippen LogP contribution in [0.15, 0.2) is 24.4 Å². The van der Waals surface area contributed by atoms with Gasteiger partial charge in [-0.05, 0) is 31.7 Å². The molecule has 1 saturated carbocycles. The Balaban J connectivity index is 2.12. The van der Waals surface area contributed by atoms with E-state index in [9.17, 15) is 9.90 Å². The Morgan fingerprint density at radius 3 is 2.76 bits per heavy atom. The molecule has 3 rings (SSSR count). The number of carbonyl (C=O) groups is 1. The lowest BCUT2D eigenvalue weighted by atomic mass is 10.1. The summed E-state index contributed by atoms with van der Waals surface area (Å²) < 4.78 is 1.73. The molecule has 1 aliphatic rings. The van der Waals surface area contributed by atoms with Crippen LogP contribution in [-0.2, 0) is 0 Å². The molecule has 1 N–H and O–H groups in total. The van der Waals surface area contributed by atoms with E-state index in [1.165, 1.54) is 0 Å². The highest BCUT2D eigenvalue weighted by Crippen LogP contribution is 2.40. The molecule has 1 aromatic carbocycles. The van der Waals surface area contributed by atoms with E-state index in [0.717, 1.165) is 12.8 Å². The van der Waals surface area contributed by atoms with Gasteiger partial charge in [0.2, 0.25) is 0 Å². The SMILES string of the molecule is CC(C1CC1)n1cc(C(=O)O)c(-c2cccc(Cl)c2Cl)n1. The summed E-state index contributed by atoms with van der Waals surface area (Å²) in [5.74, 6) is -0.440. The Hall–Kier alpha value is -1.52. The molecule has 21 heavy (non-hydrogen) atoms. The number of carboxylic acid groups (broad SMARTS) is 1. The van der Waals surface area contributed by atoms with Crippen molar-refractivity contribution in [2.24, 2.45) is 5.92 Å². The van der Waals surface area contributed by atoms with Gasteiger partial charge in [-0.3, -0.25) is 4.68 Å². The van der Waals surface area contributed by atoms with Crippen LogP contribution in [0.25, 0.3) is 11.3 Å². The van der Waals surface area contributed by atoms with E-state index < -0.39 is 5.97 Å². The number of aromatic nitrogens is 2. The summed E-state index contributed by atoms with van der Waals surface area (Å²) in [5, 5.41) is 14.6. The molecular formula is C15H14Cl2N2O2. The smallest absolute Gasteiger partial charge is 0.339 e. The molecule has 0 aliphatic heterocycles. The minimum atomic E-state index is -1.02. The lowest BCUT2D eigenvalue weighted by molar-refractivity contribution is 0.0697. The molecule has 0 radical (unpaired) electrons. The molecule has 1 heterocycles. The van der Waals surface area contributed by atoms with Gasteiger partial charge >= 0.3 is 5.97 Å². The Labute approximate surface area is 132 Å². The number of halogens is 2. The Morgan fingerprint density at radius 1 is 1.43 bits per heavy atom. The number of aromatic carboxylic acids is 1. The molecule has 1 unspecified atom stereocenters. The van der Waals surface area contributed by atoms with E-state index >= 15 is 0 Å². The van der Waals surface area contributed by atoms with Crippen LogP contribution < -0.4 is 0 Å². The molecule has 1 aliphatic carbocycles. The van der Waals surface area contributed by atoms with Crippen LogP contribution in [0.1, 0.15) is 36.2 Å². The maximum absolute atomic E-state index is 11.5. The quantitative estimate of drug-likeness (QED) is 0.899. The van der Waals surface area contributed by atoms with Crippen LogP contribution in [0, 0.1) is 5.92 Å². The average molecular weight is 325 g/mol. The molecule has 1 fully saturated rings. The average Bonchev–Trinajstić information content (AvgIpc) is 3.19. The number of rotatable bonds is 4. The third-order valence-corrected chi connectivity index (χ3v) is 4.71. The fourth-order valence-electron chi connectivity index (χ4n) is 2.44. The monoisotopic (exact) mass is 324 g/mol. The van der Waals surface area contributed by atoms with Crippen molar-refractivity contribution >= 4 is 29.2 Å². The number of carboxylic acids is 1. The maximum Gasteiger partial charge on any atom is 0.339 e. The Bertz CT molecular complexity index is 708. The first-order chi connectivity index (χ1) is 9.99. The van der Waals surface area contributed by atoms with Gasteiger partial charge in [0.25, 0.3) is 0 Å². The van der Waals surface area contributed by atoms with Crippen LogP contribution in [0.4, 0.5) is 0 Å². The second-order valence-corrected chi connectivity index (χ2v) is 6.14. The summed E-state index contributed by atoms with van der Waals surface area (Å²) >= 11 is 12.2. The number of nitrogens with zero attached hydrogens (tertiary/aromatic N) is 2. The summed E-state index contributed by atoms with van der Waals surface area (Å²) in [5.41, 5.74) is 1.05. The van der Waals surface area contributed by atoms with E-state index in [2.05, 4.69) is 12.0 Å². The van der Waals surface area contributed by atoms with E-state index in [1.54, 1.807) is 29.1 Å². The van der Waals surface area contributed by atoms with Crippen molar-refractivity contribution in [2.45, 2.75) is 25.8 Å². The van der Waals surface area contributed by atoms with Gasteiger partial charge in [0.1, 0.15) is 11.3 Å². The van der Waals surface area contributed by atoms with Crippen molar-refractivity contribution in [3.8, 4) is 11.3 Å². The number of hydrogen-bond acceptors (Lipinski definition) is 2. The van der Waals surface area contributed by atoms with Gasteiger partial charge in [0, 0.05) is 11.8 Å².